The first-order valence-electron chi connectivity index (χ1n) is 6.94. The summed E-state index contributed by atoms with van der Waals surface area (Å²) in [4.78, 5) is 25.2. The molecular formula is C16H15ClN2O2S. The van der Waals surface area contributed by atoms with E-state index < -0.39 is 0 Å². The maximum atomic E-state index is 12.4. The van der Waals surface area contributed by atoms with Gasteiger partial charge in [-0.3, -0.25) is 9.59 Å². The number of carbonyl (C=O) groups is 1. The maximum Gasteiger partial charge on any atom is 0.252 e. The van der Waals surface area contributed by atoms with E-state index in [4.69, 9.17) is 11.6 Å². The fraction of sp³-hybridized carbons (Fsp3) is 0.250. The van der Waals surface area contributed by atoms with Crippen LogP contribution in [0.25, 0.3) is 0 Å². The number of nitrogens with zero attached hydrogens (tertiary/aromatic N) is 1. The van der Waals surface area contributed by atoms with E-state index in [-0.39, 0.29) is 17.5 Å². The maximum absolute atomic E-state index is 12.4. The number of fused-ring (bicyclic) bond motifs is 1. The second-order valence-corrected chi connectivity index (χ2v) is 6.78. The Bertz CT molecular complexity index is 788. The largest absolute Gasteiger partial charge is 0.345 e. The molecule has 2 aromatic rings. The first-order chi connectivity index (χ1) is 10.5. The van der Waals surface area contributed by atoms with E-state index in [0.29, 0.717) is 10.6 Å². The smallest absolute Gasteiger partial charge is 0.252 e. The Morgan fingerprint density at radius 2 is 2.18 bits per heavy atom. The molecule has 0 saturated carbocycles. The molecule has 1 unspecified atom stereocenters. The fourth-order valence-electron chi connectivity index (χ4n) is 2.45. The zero-order valence-corrected chi connectivity index (χ0v) is 13.6. The number of benzene rings is 1. The predicted molar refractivity (Wildman–Crippen MR) is 88.7 cm³/mol. The number of thioether (sulfide) groups is 1. The lowest BCUT2D eigenvalue weighted by Gasteiger charge is -2.26. The summed E-state index contributed by atoms with van der Waals surface area (Å²) in [5.41, 5.74) is 1.22. The summed E-state index contributed by atoms with van der Waals surface area (Å²) in [6, 6.07) is 8.67. The molecule has 0 fully saturated rings. The van der Waals surface area contributed by atoms with Gasteiger partial charge in [0, 0.05) is 40.5 Å². The molecule has 0 bridgehead atoms. The van der Waals surface area contributed by atoms with Crippen molar-refractivity contribution in [2.45, 2.75) is 17.4 Å². The minimum Gasteiger partial charge on any atom is -0.345 e. The van der Waals surface area contributed by atoms with Crippen molar-refractivity contribution in [3.63, 3.8) is 0 Å². The Labute approximate surface area is 137 Å². The number of hydrogen-bond acceptors (Lipinski definition) is 3. The monoisotopic (exact) mass is 334 g/mol. The zero-order chi connectivity index (χ0) is 15.7. The van der Waals surface area contributed by atoms with Crippen molar-refractivity contribution in [2.24, 2.45) is 7.05 Å². The SMILES string of the molecule is Cn1ccc(C(=O)NC2CCSc3ccc(Cl)cc32)cc1=O. The Morgan fingerprint density at radius 1 is 1.36 bits per heavy atom. The lowest BCUT2D eigenvalue weighted by Crippen LogP contribution is -2.31. The minimum atomic E-state index is -0.236. The molecule has 3 rings (SSSR count). The first-order valence-corrected chi connectivity index (χ1v) is 8.31. The standard InChI is InChI=1S/C16H15ClN2O2S/c1-19-6-4-10(8-15(19)20)16(21)18-13-5-7-22-14-3-2-11(17)9-12(13)14/h2-4,6,8-9,13H,5,7H2,1H3,(H,18,21). The van der Waals surface area contributed by atoms with Gasteiger partial charge >= 0.3 is 0 Å². The summed E-state index contributed by atoms with van der Waals surface area (Å²) in [5, 5.41) is 3.67. The van der Waals surface area contributed by atoms with Crippen LogP contribution in [-0.2, 0) is 7.05 Å². The molecular weight excluding hydrogens is 320 g/mol. The predicted octanol–water partition coefficient (Wildman–Crippen LogP) is 3.01. The molecule has 1 aromatic carbocycles. The molecule has 6 heteroatoms. The summed E-state index contributed by atoms with van der Waals surface area (Å²) >= 11 is 7.83. The number of hydrogen-bond donors (Lipinski definition) is 1. The van der Waals surface area contributed by atoms with E-state index in [9.17, 15) is 9.59 Å². The fourth-order valence-corrected chi connectivity index (χ4v) is 3.73. The summed E-state index contributed by atoms with van der Waals surface area (Å²) < 4.78 is 1.43. The molecule has 22 heavy (non-hydrogen) atoms. The highest BCUT2D eigenvalue weighted by Crippen LogP contribution is 2.37. The van der Waals surface area contributed by atoms with Gasteiger partial charge in [-0.15, -0.1) is 11.8 Å². The molecule has 114 valence electrons. The van der Waals surface area contributed by atoms with Crippen molar-refractivity contribution >= 4 is 29.3 Å². The van der Waals surface area contributed by atoms with Gasteiger partial charge in [0.1, 0.15) is 0 Å². The van der Waals surface area contributed by atoms with Crippen LogP contribution in [0.5, 0.6) is 0 Å². The molecule has 1 aromatic heterocycles. The third-order valence-electron chi connectivity index (χ3n) is 3.68. The van der Waals surface area contributed by atoms with Crippen molar-refractivity contribution in [1.82, 2.24) is 9.88 Å². The summed E-state index contributed by atoms with van der Waals surface area (Å²) in [6.07, 6.45) is 2.44. The van der Waals surface area contributed by atoms with Gasteiger partial charge in [-0.1, -0.05) is 11.6 Å². The molecule has 1 aliphatic heterocycles. The van der Waals surface area contributed by atoms with E-state index in [1.807, 2.05) is 18.2 Å². The van der Waals surface area contributed by atoms with Crippen LogP contribution in [0.3, 0.4) is 0 Å². The van der Waals surface area contributed by atoms with Gasteiger partial charge in [-0.05, 0) is 36.2 Å². The van der Waals surface area contributed by atoms with Gasteiger partial charge in [-0.25, -0.2) is 0 Å². The number of carbonyl (C=O) groups excluding carboxylic acids is 1. The van der Waals surface area contributed by atoms with E-state index in [2.05, 4.69) is 5.32 Å². The minimum absolute atomic E-state index is 0.0773. The van der Waals surface area contributed by atoms with Crippen molar-refractivity contribution in [3.05, 3.63) is 63.0 Å². The second-order valence-electron chi connectivity index (χ2n) is 5.21. The zero-order valence-electron chi connectivity index (χ0n) is 12.0. The van der Waals surface area contributed by atoms with E-state index in [1.165, 1.54) is 10.6 Å². The van der Waals surface area contributed by atoms with Gasteiger partial charge in [-0.2, -0.15) is 0 Å². The van der Waals surface area contributed by atoms with Crippen LogP contribution in [0.2, 0.25) is 5.02 Å². The van der Waals surface area contributed by atoms with Crippen LogP contribution in [0.4, 0.5) is 0 Å². The topological polar surface area (TPSA) is 51.1 Å². The number of aryl methyl sites for hydroxylation is 1. The van der Waals surface area contributed by atoms with E-state index in [0.717, 1.165) is 22.6 Å². The second kappa shape index (κ2) is 6.18. The number of aromatic nitrogens is 1. The van der Waals surface area contributed by atoms with Crippen LogP contribution in [0.1, 0.15) is 28.4 Å². The van der Waals surface area contributed by atoms with Gasteiger partial charge in [0.2, 0.25) is 0 Å². The molecule has 0 spiro atoms. The summed E-state index contributed by atoms with van der Waals surface area (Å²) in [5.74, 6) is 0.705. The molecule has 1 N–H and O–H groups in total. The molecule has 1 amide bonds. The average molecular weight is 335 g/mol. The van der Waals surface area contributed by atoms with Crippen molar-refractivity contribution in [2.75, 3.05) is 5.75 Å². The highest BCUT2D eigenvalue weighted by molar-refractivity contribution is 7.99. The van der Waals surface area contributed by atoms with E-state index in [1.54, 1.807) is 31.1 Å². The Balaban J connectivity index is 1.85. The third-order valence-corrected chi connectivity index (χ3v) is 5.04. The van der Waals surface area contributed by atoms with Crippen LogP contribution in [0.15, 0.2) is 46.2 Å². The van der Waals surface area contributed by atoms with Gasteiger partial charge in [0.25, 0.3) is 11.5 Å². The average Bonchev–Trinajstić information content (AvgIpc) is 2.50. The molecule has 2 heterocycles. The lowest BCUT2D eigenvalue weighted by molar-refractivity contribution is 0.0934. The quantitative estimate of drug-likeness (QED) is 0.918. The number of nitrogens with one attached hydrogen (secondary N) is 1. The number of halogens is 1. The highest BCUT2D eigenvalue weighted by atomic mass is 35.5. The number of pyridine rings is 1. The molecule has 4 nitrogen and oxygen atoms in total. The van der Waals surface area contributed by atoms with Crippen LogP contribution in [0, 0.1) is 0 Å². The van der Waals surface area contributed by atoms with Crippen LogP contribution >= 0.6 is 23.4 Å². The van der Waals surface area contributed by atoms with Gasteiger partial charge < -0.3 is 9.88 Å². The highest BCUT2D eigenvalue weighted by Gasteiger charge is 2.23. The Kier molecular flexibility index (Phi) is 4.27. The molecule has 0 radical (unpaired) electrons. The van der Waals surface area contributed by atoms with Crippen molar-refractivity contribution < 1.29 is 4.79 Å². The molecule has 1 atom stereocenters. The van der Waals surface area contributed by atoms with Crippen LogP contribution in [-0.4, -0.2) is 16.2 Å². The summed E-state index contributed by atoms with van der Waals surface area (Å²) in [7, 11) is 1.65. The van der Waals surface area contributed by atoms with Gasteiger partial charge in [0.15, 0.2) is 0 Å². The van der Waals surface area contributed by atoms with Gasteiger partial charge in [0.05, 0.1) is 6.04 Å². The number of rotatable bonds is 2. The van der Waals surface area contributed by atoms with Crippen molar-refractivity contribution in [1.29, 1.82) is 0 Å². The Hall–Kier alpha value is -1.72. The molecule has 0 saturated heterocycles. The normalized spacial score (nSPS) is 16.9. The number of amides is 1. The lowest BCUT2D eigenvalue weighted by atomic mass is 10.0. The van der Waals surface area contributed by atoms with Crippen molar-refractivity contribution in [3.8, 4) is 0 Å². The molecule has 1 aliphatic rings. The third kappa shape index (κ3) is 3.05. The summed E-state index contributed by atoms with van der Waals surface area (Å²) in [6.45, 7) is 0. The van der Waals surface area contributed by atoms with E-state index >= 15 is 0 Å². The van der Waals surface area contributed by atoms with Crippen LogP contribution < -0.4 is 10.9 Å². The Morgan fingerprint density at radius 3 is 2.95 bits per heavy atom. The first kappa shape index (κ1) is 15.2. The molecule has 0 aliphatic carbocycles.